The van der Waals surface area contributed by atoms with Crippen LogP contribution in [0, 0.1) is 6.92 Å². The number of hydrogen-bond donors (Lipinski definition) is 3. The number of benzene rings is 2. The highest BCUT2D eigenvalue weighted by atomic mass is 16.6. The molecule has 0 spiro atoms. The first-order valence-corrected chi connectivity index (χ1v) is 9.87. The van der Waals surface area contributed by atoms with Gasteiger partial charge in [0, 0.05) is 0 Å². The third kappa shape index (κ3) is 4.95. The van der Waals surface area contributed by atoms with Crippen molar-refractivity contribution in [1.82, 2.24) is 20.3 Å². The summed E-state index contributed by atoms with van der Waals surface area (Å²) < 4.78 is 4.72. The van der Waals surface area contributed by atoms with Gasteiger partial charge in [0.15, 0.2) is 11.6 Å². The second kappa shape index (κ2) is 8.39. The summed E-state index contributed by atoms with van der Waals surface area (Å²) in [6.07, 6.45) is 1.72. The minimum Gasteiger partial charge on any atom is -0.300 e. The molecule has 0 saturated carbocycles. The molecule has 2 aromatic heterocycles. The molecule has 4 aromatic rings. The van der Waals surface area contributed by atoms with Crippen LogP contribution in [0.4, 0.5) is 17.3 Å². The third-order valence-corrected chi connectivity index (χ3v) is 4.65. The number of fused-ring (bicyclic) bond motifs is 1. The van der Waals surface area contributed by atoms with E-state index in [0.29, 0.717) is 17.3 Å². The number of hydrazine groups is 1. The summed E-state index contributed by atoms with van der Waals surface area (Å²) in [6, 6.07) is 16.2. The van der Waals surface area contributed by atoms with E-state index in [1.54, 1.807) is 6.21 Å². The molecule has 9 nitrogen and oxygen atoms in total. The van der Waals surface area contributed by atoms with Crippen LogP contribution in [0.1, 0.15) is 37.5 Å². The zero-order valence-corrected chi connectivity index (χ0v) is 17.8. The first-order valence-electron chi connectivity index (χ1n) is 9.87. The number of nitrogens with one attached hydrogen (secondary N) is 3. The maximum Gasteiger partial charge on any atom is 0.245 e. The smallest absolute Gasteiger partial charge is 0.245 e. The Balaban J connectivity index is 1.51. The standard InChI is InChI=1S/C22H24N8O/c1-14-5-11-17(12-6-14)26-28-19-18(24-20-21(25-19)30-31-29-20)27-23-13-15-7-9-16(10-8-15)22(2,3)4/h5-13,26H,1-4H3,(H,24,27,29)(H,25,28,30)/b23-13+. The van der Waals surface area contributed by atoms with E-state index in [9.17, 15) is 0 Å². The number of nitrogens with zero attached hydrogens (tertiary/aromatic N) is 5. The van der Waals surface area contributed by atoms with Gasteiger partial charge in [-0.2, -0.15) is 15.1 Å². The van der Waals surface area contributed by atoms with Crippen molar-refractivity contribution in [3.8, 4) is 0 Å². The molecule has 0 saturated heterocycles. The molecule has 3 N–H and O–H groups in total. The molecule has 0 aliphatic carbocycles. The van der Waals surface area contributed by atoms with Crippen molar-refractivity contribution in [2.75, 3.05) is 16.3 Å². The first kappa shape index (κ1) is 20.3. The number of anilines is 3. The van der Waals surface area contributed by atoms with Crippen molar-refractivity contribution in [3.63, 3.8) is 0 Å². The third-order valence-electron chi connectivity index (χ3n) is 4.65. The normalized spacial score (nSPS) is 11.7. The molecule has 0 radical (unpaired) electrons. The van der Waals surface area contributed by atoms with E-state index in [4.69, 9.17) is 4.63 Å². The van der Waals surface area contributed by atoms with Gasteiger partial charge in [-0.05, 0) is 45.9 Å². The Morgan fingerprint density at radius 1 is 0.839 bits per heavy atom. The minimum absolute atomic E-state index is 0.107. The summed E-state index contributed by atoms with van der Waals surface area (Å²) in [5, 5.41) is 11.8. The average molecular weight is 416 g/mol. The first-order chi connectivity index (χ1) is 14.9. The van der Waals surface area contributed by atoms with E-state index in [-0.39, 0.29) is 11.1 Å². The molecule has 0 amide bonds. The molecule has 9 heteroatoms. The van der Waals surface area contributed by atoms with Crippen LogP contribution in [0.5, 0.6) is 0 Å². The van der Waals surface area contributed by atoms with Gasteiger partial charge in [0.2, 0.25) is 11.3 Å². The molecule has 0 fully saturated rings. The van der Waals surface area contributed by atoms with E-state index < -0.39 is 0 Å². The Labute approximate surface area is 179 Å². The van der Waals surface area contributed by atoms with Gasteiger partial charge in [0.1, 0.15) is 0 Å². The Morgan fingerprint density at radius 3 is 2.13 bits per heavy atom. The summed E-state index contributed by atoms with van der Waals surface area (Å²) in [7, 11) is 0. The second-order valence-electron chi connectivity index (χ2n) is 8.19. The average Bonchev–Trinajstić information content (AvgIpc) is 3.20. The molecule has 31 heavy (non-hydrogen) atoms. The Morgan fingerprint density at radius 2 is 1.48 bits per heavy atom. The number of hydrogen-bond acceptors (Lipinski definition) is 9. The van der Waals surface area contributed by atoms with Crippen molar-refractivity contribution in [3.05, 3.63) is 65.2 Å². The maximum atomic E-state index is 4.72. The molecule has 0 aliphatic rings. The van der Waals surface area contributed by atoms with E-state index in [0.717, 1.165) is 11.3 Å². The van der Waals surface area contributed by atoms with Crippen molar-refractivity contribution >= 4 is 34.8 Å². The van der Waals surface area contributed by atoms with Crippen LogP contribution in [0.15, 0.2) is 58.3 Å². The minimum atomic E-state index is 0.107. The van der Waals surface area contributed by atoms with Crippen molar-refractivity contribution in [1.29, 1.82) is 0 Å². The lowest BCUT2D eigenvalue weighted by Crippen LogP contribution is -2.13. The Bertz CT molecular complexity index is 1190. The zero-order chi connectivity index (χ0) is 21.8. The van der Waals surface area contributed by atoms with Crippen LogP contribution in [-0.2, 0) is 5.41 Å². The molecule has 0 bridgehead atoms. The van der Waals surface area contributed by atoms with Gasteiger partial charge < -0.3 is 0 Å². The van der Waals surface area contributed by atoms with Crippen molar-refractivity contribution in [2.45, 2.75) is 33.1 Å². The predicted octanol–water partition coefficient (Wildman–Crippen LogP) is 4.50. The molecule has 158 valence electrons. The highest BCUT2D eigenvalue weighted by Gasteiger charge is 2.13. The van der Waals surface area contributed by atoms with E-state index in [1.807, 2.05) is 43.3 Å². The SMILES string of the molecule is Cc1ccc(NNc2nc3nonc3nc2N/N=C/c2ccc(C(C)(C)C)cc2)cc1. The van der Waals surface area contributed by atoms with Gasteiger partial charge >= 0.3 is 0 Å². The largest absolute Gasteiger partial charge is 0.300 e. The molecule has 0 unspecified atom stereocenters. The molecule has 0 atom stereocenters. The lowest BCUT2D eigenvalue weighted by Gasteiger charge is -2.18. The van der Waals surface area contributed by atoms with E-state index in [2.05, 4.69) is 74.6 Å². The fourth-order valence-corrected chi connectivity index (χ4v) is 2.81. The lowest BCUT2D eigenvalue weighted by molar-refractivity contribution is 0.314. The summed E-state index contributed by atoms with van der Waals surface area (Å²) in [4.78, 5) is 8.77. The fourth-order valence-electron chi connectivity index (χ4n) is 2.81. The van der Waals surface area contributed by atoms with Gasteiger partial charge in [-0.25, -0.2) is 4.63 Å². The monoisotopic (exact) mass is 416 g/mol. The van der Waals surface area contributed by atoms with Crippen LogP contribution in [0.25, 0.3) is 11.3 Å². The molecule has 4 rings (SSSR count). The lowest BCUT2D eigenvalue weighted by atomic mass is 9.87. The van der Waals surface area contributed by atoms with Gasteiger partial charge in [0.05, 0.1) is 11.9 Å². The Kier molecular flexibility index (Phi) is 5.48. The second-order valence-corrected chi connectivity index (χ2v) is 8.19. The van der Waals surface area contributed by atoms with Crippen LogP contribution in [0.3, 0.4) is 0 Å². The molecule has 2 aromatic carbocycles. The summed E-state index contributed by atoms with van der Waals surface area (Å²) >= 11 is 0. The maximum absolute atomic E-state index is 4.72. The number of rotatable bonds is 6. The van der Waals surface area contributed by atoms with Gasteiger partial charge in [-0.15, -0.1) is 0 Å². The van der Waals surface area contributed by atoms with Gasteiger partial charge in [0.25, 0.3) is 0 Å². The van der Waals surface area contributed by atoms with Crippen molar-refractivity contribution in [2.24, 2.45) is 5.10 Å². The molecule has 2 heterocycles. The van der Waals surface area contributed by atoms with Crippen LogP contribution in [0.2, 0.25) is 0 Å². The number of hydrazone groups is 1. The highest BCUT2D eigenvalue weighted by molar-refractivity contribution is 5.81. The number of aryl methyl sites for hydroxylation is 1. The summed E-state index contributed by atoms with van der Waals surface area (Å²) in [5.74, 6) is 0.786. The fraction of sp³-hybridized carbons (Fsp3) is 0.227. The quantitative estimate of drug-likeness (QED) is 0.311. The summed E-state index contributed by atoms with van der Waals surface area (Å²) in [5.41, 5.74) is 14.0. The van der Waals surface area contributed by atoms with Gasteiger partial charge in [-0.1, -0.05) is 62.7 Å². The van der Waals surface area contributed by atoms with E-state index >= 15 is 0 Å². The van der Waals surface area contributed by atoms with Crippen LogP contribution in [-0.4, -0.2) is 26.5 Å². The van der Waals surface area contributed by atoms with Crippen LogP contribution >= 0.6 is 0 Å². The summed E-state index contributed by atoms with van der Waals surface area (Å²) in [6.45, 7) is 8.59. The topological polar surface area (TPSA) is 113 Å². The molecule has 0 aliphatic heterocycles. The van der Waals surface area contributed by atoms with Crippen molar-refractivity contribution < 1.29 is 4.63 Å². The van der Waals surface area contributed by atoms with Gasteiger partial charge in [-0.3, -0.25) is 16.3 Å². The van der Waals surface area contributed by atoms with Crippen LogP contribution < -0.4 is 16.3 Å². The van der Waals surface area contributed by atoms with E-state index in [1.165, 1.54) is 11.1 Å². The number of aromatic nitrogens is 4. The Hall–Kier alpha value is -4.01. The molecular formula is C22H24N8O. The zero-order valence-electron chi connectivity index (χ0n) is 17.8. The highest BCUT2D eigenvalue weighted by Crippen LogP contribution is 2.22. The molecular weight excluding hydrogens is 392 g/mol. The predicted molar refractivity (Wildman–Crippen MR) is 122 cm³/mol.